The van der Waals surface area contributed by atoms with Crippen LogP contribution in [0, 0.1) is 17.0 Å². The molecule has 2 rings (SSSR count). The topological polar surface area (TPSA) is 95.7 Å². The number of hydrogen-bond donors (Lipinski definition) is 0. The molecule has 0 atom stereocenters. The molecular formula is C18H17NO6. The standard InChI is InChI=1S/C18H17NO6/c1-3-24-14-9-7-13(8-10-14)17(20)11-25-18(21)15-5-4-6-16(12(15)2)19(22)23/h4-10H,3,11H2,1-2H3. The van der Waals surface area contributed by atoms with Gasteiger partial charge in [-0.3, -0.25) is 14.9 Å². The minimum Gasteiger partial charge on any atom is -0.494 e. The molecule has 2 aromatic carbocycles. The van der Waals surface area contributed by atoms with Crippen LogP contribution in [0.25, 0.3) is 0 Å². The van der Waals surface area contributed by atoms with Crippen LogP contribution in [0.3, 0.4) is 0 Å². The summed E-state index contributed by atoms with van der Waals surface area (Å²) in [7, 11) is 0. The average molecular weight is 343 g/mol. The summed E-state index contributed by atoms with van der Waals surface area (Å²) in [4.78, 5) is 34.5. The summed E-state index contributed by atoms with van der Waals surface area (Å²) in [5.41, 5.74) is 0.471. The van der Waals surface area contributed by atoms with Crippen molar-refractivity contribution in [1.82, 2.24) is 0 Å². The van der Waals surface area contributed by atoms with Crippen LogP contribution in [0.2, 0.25) is 0 Å². The van der Waals surface area contributed by atoms with E-state index < -0.39 is 17.5 Å². The highest BCUT2D eigenvalue weighted by Crippen LogP contribution is 2.21. The molecule has 2 aromatic rings. The van der Waals surface area contributed by atoms with Gasteiger partial charge < -0.3 is 9.47 Å². The predicted octanol–water partition coefficient (Wildman–Crippen LogP) is 3.34. The number of nitro groups is 1. The van der Waals surface area contributed by atoms with Crippen LogP contribution < -0.4 is 4.74 Å². The fraction of sp³-hybridized carbons (Fsp3) is 0.222. The molecular weight excluding hydrogens is 326 g/mol. The fourth-order valence-corrected chi connectivity index (χ4v) is 2.24. The van der Waals surface area contributed by atoms with E-state index in [-0.39, 0.29) is 22.6 Å². The van der Waals surface area contributed by atoms with Crippen LogP contribution in [0.15, 0.2) is 42.5 Å². The predicted molar refractivity (Wildman–Crippen MR) is 90.1 cm³/mol. The summed E-state index contributed by atoms with van der Waals surface area (Å²) in [5, 5.41) is 10.9. The molecule has 0 amide bonds. The Balaban J connectivity index is 2.03. The molecule has 0 heterocycles. The molecule has 0 saturated heterocycles. The number of carbonyl (C=O) groups is 2. The number of nitro benzene ring substituents is 1. The first-order chi connectivity index (χ1) is 11.9. The van der Waals surface area contributed by atoms with E-state index in [1.165, 1.54) is 25.1 Å². The van der Waals surface area contributed by atoms with E-state index in [1.54, 1.807) is 24.3 Å². The smallest absolute Gasteiger partial charge is 0.339 e. The molecule has 0 saturated carbocycles. The molecule has 0 fully saturated rings. The van der Waals surface area contributed by atoms with Gasteiger partial charge in [0.05, 0.1) is 17.1 Å². The molecule has 0 aliphatic heterocycles. The SMILES string of the molecule is CCOc1ccc(C(=O)COC(=O)c2cccc([N+](=O)[O-])c2C)cc1. The third-order valence-corrected chi connectivity index (χ3v) is 3.54. The van der Waals surface area contributed by atoms with Crippen LogP contribution in [-0.2, 0) is 4.74 Å². The maximum absolute atomic E-state index is 12.1. The lowest BCUT2D eigenvalue weighted by molar-refractivity contribution is -0.385. The highest BCUT2D eigenvalue weighted by atomic mass is 16.6. The molecule has 0 aliphatic rings. The van der Waals surface area contributed by atoms with Crippen LogP contribution in [-0.4, -0.2) is 29.9 Å². The zero-order valence-electron chi connectivity index (χ0n) is 13.9. The van der Waals surface area contributed by atoms with Gasteiger partial charge in [-0.15, -0.1) is 0 Å². The van der Waals surface area contributed by atoms with Crippen molar-refractivity contribution in [3.05, 3.63) is 69.3 Å². The number of benzene rings is 2. The van der Waals surface area contributed by atoms with Crippen LogP contribution >= 0.6 is 0 Å². The Morgan fingerprint density at radius 3 is 2.40 bits per heavy atom. The highest BCUT2D eigenvalue weighted by molar-refractivity contribution is 5.99. The van der Waals surface area contributed by atoms with Gasteiger partial charge in [-0.2, -0.15) is 0 Å². The third kappa shape index (κ3) is 4.41. The first-order valence-corrected chi connectivity index (χ1v) is 7.61. The summed E-state index contributed by atoms with van der Waals surface area (Å²) >= 11 is 0. The summed E-state index contributed by atoms with van der Waals surface area (Å²) in [6.45, 7) is 3.39. The first-order valence-electron chi connectivity index (χ1n) is 7.61. The molecule has 0 radical (unpaired) electrons. The second-order valence-electron chi connectivity index (χ2n) is 5.16. The summed E-state index contributed by atoms with van der Waals surface area (Å²) in [6.07, 6.45) is 0. The van der Waals surface area contributed by atoms with Gasteiger partial charge >= 0.3 is 5.97 Å². The van der Waals surface area contributed by atoms with Gasteiger partial charge in [0, 0.05) is 17.2 Å². The molecule has 0 aromatic heterocycles. The van der Waals surface area contributed by atoms with E-state index in [9.17, 15) is 19.7 Å². The van der Waals surface area contributed by atoms with Gasteiger partial charge in [-0.25, -0.2) is 4.79 Å². The van der Waals surface area contributed by atoms with E-state index >= 15 is 0 Å². The van der Waals surface area contributed by atoms with Crippen molar-refractivity contribution in [2.45, 2.75) is 13.8 Å². The van der Waals surface area contributed by atoms with Crippen LogP contribution in [0.1, 0.15) is 33.2 Å². The van der Waals surface area contributed by atoms with Gasteiger partial charge in [0.25, 0.3) is 5.69 Å². The Labute approximate surface area is 144 Å². The summed E-state index contributed by atoms with van der Waals surface area (Å²) < 4.78 is 10.3. The zero-order valence-corrected chi connectivity index (χ0v) is 13.9. The van der Waals surface area contributed by atoms with Crippen molar-refractivity contribution in [1.29, 1.82) is 0 Å². The van der Waals surface area contributed by atoms with Gasteiger partial charge in [-0.05, 0) is 44.2 Å². The molecule has 130 valence electrons. The lowest BCUT2D eigenvalue weighted by Crippen LogP contribution is -2.15. The van der Waals surface area contributed by atoms with E-state index in [0.717, 1.165) is 0 Å². The van der Waals surface area contributed by atoms with Crippen molar-refractivity contribution in [2.75, 3.05) is 13.2 Å². The van der Waals surface area contributed by atoms with Gasteiger partial charge in [0.2, 0.25) is 0 Å². The Hall–Kier alpha value is -3.22. The Kier molecular flexibility index (Phi) is 5.84. The molecule has 7 heteroatoms. The van der Waals surface area contributed by atoms with Gasteiger partial charge in [0.15, 0.2) is 12.4 Å². The number of Topliss-reactive ketones (excluding diaryl/α,β-unsaturated/α-hetero) is 1. The second-order valence-corrected chi connectivity index (χ2v) is 5.16. The van der Waals surface area contributed by atoms with Crippen molar-refractivity contribution < 1.29 is 24.0 Å². The van der Waals surface area contributed by atoms with E-state index in [0.29, 0.717) is 17.9 Å². The Morgan fingerprint density at radius 2 is 1.80 bits per heavy atom. The largest absolute Gasteiger partial charge is 0.494 e. The number of ether oxygens (including phenoxy) is 2. The van der Waals surface area contributed by atoms with Gasteiger partial charge in [0.1, 0.15) is 5.75 Å². The number of carbonyl (C=O) groups excluding carboxylic acids is 2. The molecule has 0 unspecified atom stereocenters. The van der Waals surface area contributed by atoms with Crippen molar-refractivity contribution in [3.63, 3.8) is 0 Å². The average Bonchev–Trinajstić information content (AvgIpc) is 2.60. The summed E-state index contributed by atoms with van der Waals surface area (Å²) in [6, 6.07) is 10.6. The molecule has 7 nitrogen and oxygen atoms in total. The molecule has 0 spiro atoms. The normalized spacial score (nSPS) is 10.2. The number of esters is 1. The highest BCUT2D eigenvalue weighted by Gasteiger charge is 2.20. The lowest BCUT2D eigenvalue weighted by atomic mass is 10.1. The minimum absolute atomic E-state index is 0.0636. The fourth-order valence-electron chi connectivity index (χ4n) is 2.24. The second kappa shape index (κ2) is 8.05. The van der Waals surface area contributed by atoms with Crippen molar-refractivity contribution >= 4 is 17.4 Å². The van der Waals surface area contributed by atoms with Gasteiger partial charge in [-0.1, -0.05) is 6.07 Å². The number of hydrogen-bond acceptors (Lipinski definition) is 6. The molecule has 0 N–H and O–H groups in total. The van der Waals surface area contributed by atoms with E-state index in [1.807, 2.05) is 6.92 Å². The third-order valence-electron chi connectivity index (χ3n) is 3.54. The van der Waals surface area contributed by atoms with E-state index in [4.69, 9.17) is 9.47 Å². The first kappa shape index (κ1) is 18.1. The van der Waals surface area contributed by atoms with Crippen LogP contribution in [0.4, 0.5) is 5.69 Å². The maximum atomic E-state index is 12.1. The quantitative estimate of drug-likeness (QED) is 0.331. The van der Waals surface area contributed by atoms with Crippen molar-refractivity contribution in [2.24, 2.45) is 0 Å². The Bertz CT molecular complexity index is 798. The number of ketones is 1. The Morgan fingerprint density at radius 1 is 1.12 bits per heavy atom. The van der Waals surface area contributed by atoms with Crippen LogP contribution in [0.5, 0.6) is 5.75 Å². The molecule has 25 heavy (non-hydrogen) atoms. The summed E-state index contributed by atoms with van der Waals surface area (Å²) in [5.74, 6) is -0.511. The molecule has 0 aliphatic carbocycles. The number of nitrogens with zero attached hydrogens (tertiary/aromatic N) is 1. The van der Waals surface area contributed by atoms with Crippen molar-refractivity contribution in [3.8, 4) is 5.75 Å². The minimum atomic E-state index is -0.777. The maximum Gasteiger partial charge on any atom is 0.339 e. The lowest BCUT2D eigenvalue weighted by Gasteiger charge is -2.08. The number of rotatable bonds is 7. The monoisotopic (exact) mass is 343 g/mol. The molecule has 0 bridgehead atoms. The van der Waals surface area contributed by atoms with E-state index in [2.05, 4.69) is 0 Å². The zero-order chi connectivity index (χ0) is 18.4.